The summed E-state index contributed by atoms with van der Waals surface area (Å²) in [7, 11) is 0. The van der Waals surface area contributed by atoms with Crippen molar-refractivity contribution in [3.05, 3.63) is 35.1 Å². The Hall–Kier alpha value is -1.50. The van der Waals surface area contributed by atoms with Gasteiger partial charge in [-0.3, -0.25) is 15.1 Å². The quantitative estimate of drug-likeness (QED) is 0.444. The number of hydrazine groups is 1. The number of nitrogens with two attached hydrogens (primary N) is 1. The predicted molar refractivity (Wildman–Crippen MR) is 77.8 cm³/mol. The molecule has 1 aromatic rings. The second-order valence-corrected chi connectivity index (χ2v) is 5.91. The Morgan fingerprint density at radius 1 is 1.48 bits per heavy atom. The van der Waals surface area contributed by atoms with Crippen LogP contribution >= 0.6 is 0 Å². The van der Waals surface area contributed by atoms with Crippen LogP contribution in [0.2, 0.25) is 0 Å². The van der Waals surface area contributed by atoms with Crippen LogP contribution < -0.4 is 11.3 Å². The molecule has 1 aliphatic rings. The van der Waals surface area contributed by atoms with Crippen LogP contribution in [0.25, 0.3) is 0 Å². The average Bonchev–Trinajstić information content (AvgIpc) is 2.61. The maximum atomic E-state index is 13.9. The van der Waals surface area contributed by atoms with Crippen LogP contribution in [0.3, 0.4) is 0 Å². The van der Waals surface area contributed by atoms with Crippen molar-refractivity contribution in [2.45, 2.75) is 38.3 Å². The number of amides is 1. The van der Waals surface area contributed by atoms with E-state index in [1.807, 2.05) is 12.3 Å². The molecule has 5 nitrogen and oxygen atoms in total. The van der Waals surface area contributed by atoms with Crippen LogP contribution in [0.1, 0.15) is 42.1 Å². The van der Waals surface area contributed by atoms with Crippen molar-refractivity contribution in [1.82, 2.24) is 10.3 Å². The highest BCUT2D eigenvalue weighted by Crippen LogP contribution is 2.23. The number of benzene rings is 1. The molecule has 2 rings (SSSR count). The van der Waals surface area contributed by atoms with Gasteiger partial charge in [-0.25, -0.2) is 10.2 Å². The van der Waals surface area contributed by atoms with E-state index >= 15 is 0 Å². The standard InChI is InChI=1S/C15H22FN3O2/c1-15(21)5-2-7-19(8-6-15)10-12-9-11(14(20)18-17)3-4-13(12)16/h3-4,9,21H,2,5-8,10,17H2,1H3,(H,18,20). The Kier molecular flexibility index (Phi) is 4.92. The molecule has 1 aromatic carbocycles. The molecule has 0 aromatic heterocycles. The van der Waals surface area contributed by atoms with Crippen LogP contribution in [-0.4, -0.2) is 34.6 Å². The summed E-state index contributed by atoms with van der Waals surface area (Å²) in [6.07, 6.45) is 2.29. The van der Waals surface area contributed by atoms with E-state index < -0.39 is 11.5 Å². The summed E-state index contributed by atoms with van der Waals surface area (Å²) in [6.45, 7) is 3.78. The molecule has 21 heavy (non-hydrogen) atoms. The molecule has 4 N–H and O–H groups in total. The molecule has 1 aliphatic heterocycles. The summed E-state index contributed by atoms with van der Waals surface area (Å²) in [4.78, 5) is 13.6. The van der Waals surface area contributed by atoms with Crippen LogP contribution in [-0.2, 0) is 6.54 Å². The van der Waals surface area contributed by atoms with E-state index in [1.54, 1.807) is 0 Å². The van der Waals surface area contributed by atoms with Crippen molar-refractivity contribution in [3.8, 4) is 0 Å². The largest absolute Gasteiger partial charge is 0.390 e. The molecule has 1 saturated heterocycles. The molecule has 1 atom stereocenters. The Morgan fingerprint density at radius 2 is 2.24 bits per heavy atom. The Morgan fingerprint density at radius 3 is 2.95 bits per heavy atom. The lowest BCUT2D eigenvalue weighted by Crippen LogP contribution is -2.30. The smallest absolute Gasteiger partial charge is 0.265 e. The molecule has 1 amide bonds. The highest BCUT2D eigenvalue weighted by atomic mass is 19.1. The predicted octanol–water partition coefficient (Wildman–Crippen LogP) is 1.17. The van der Waals surface area contributed by atoms with Crippen molar-refractivity contribution in [3.63, 3.8) is 0 Å². The van der Waals surface area contributed by atoms with Gasteiger partial charge < -0.3 is 5.11 Å². The minimum Gasteiger partial charge on any atom is -0.390 e. The number of rotatable bonds is 3. The summed E-state index contributed by atoms with van der Waals surface area (Å²) in [5, 5.41) is 10.1. The van der Waals surface area contributed by atoms with E-state index in [0.717, 1.165) is 19.4 Å². The molecular weight excluding hydrogens is 273 g/mol. The van der Waals surface area contributed by atoms with E-state index in [-0.39, 0.29) is 5.82 Å². The number of carbonyl (C=O) groups is 1. The lowest BCUT2D eigenvalue weighted by Gasteiger charge is -2.22. The van der Waals surface area contributed by atoms with Gasteiger partial charge >= 0.3 is 0 Å². The zero-order valence-corrected chi connectivity index (χ0v) is 12.2. The number of nitrogens with zero attached hydrogens (tertiary/aromatic N) is 1. The average molecular weight is 295 g/mol. The van der Waals surface area contributed by atoms with Gasteiger partial charge in [0.1, 0.15) is 5.82 Å². The zero-order valence-electron chi connectivity index (χ0n) is 12.2. The number of hydrogen-bond acceptors (Lipinski definition) is 4. The third kappa shape index (κ3) is 4.23. The second kappa shape index (κ2) is 6.51. The minimum absolute atomic E-state index is 0.334. The SMILES string of the molecule is CC1(O)CCCN(Cc2cc(C(=O)NN)ccc2F)CC1. The van der Waals surface area contributed by atoms with E-state index in [4.69, 9.17) is 5.84 Å². The highest BCUT2D eigenvalue weighted by Gasteiger charge is 2.25. The van der Waals surface area contributed by atoms with E-state index in [0.29, 0.717) is 30.6 Å². The summed E-state index contributed by atoms with van der Waals surface area (Å²) in [5.41, 5.74) is 2.21. The molecule has 0 aliphatic carbocycles. The van der Waals surface area contributed by atoms with Crippen LogP contribution in [0.4, 0.5) is 4.39 Å². The maximum Gasteiger partial charge on any atom is 0.265 e. The summed E-state index contributed by atoms with van der Waals surface area (Å²) < 4.78 is 13.9. The molecule has 0 saturated carbocycles. The molecule has 116 valence electrons. The number of nitrogens with one attached hydrogen (secondary N) is 1. The zero-order chi connectivity index (χ0) is 15.5. The minimum atomic E-state index is -0.644. The first-order valence-corrected chi connectivity index (χ1v) is 7.15. The van der Waals surface area contributed by atoms with Gasteiger partial charge in [0.2, 0.25) is 0 Å². The van der Waals surface area contributed by atoms with Crippen molar-refractivity contribution in [2.75, 3.05) is 13.1 Å². The monoisotopic (exact) mass is 295 g/mol. The second-order valence-electron chi connectivity index (χ2n) is 5.91. The van der Waals surface area contributed by atoms with Gasteiger partial charge in [0, 0.05) is 24.2 Å². The first-order valence-electron chi connectivity index (χ1n) is 7.15. The van der Waals surface area contributed by atoms with Crippen molar-refractivity contribution >= 4 is 5.91 Å². The molecule has 1 heterocycles. The molecule has 0 radical (unpaired) electrons. The van der Waals surface area contributed by atoms with Gasteiger partial charge in [-0.1, -0.05) is 0 Å². The first kappa shape index (κ1) is 15.9. The van der Waals surface area contributed by atoms with Gasteiger partial charge in [0.05, 0.1) is 5.60 Å². The van der Waals surface area contributed by atoms with Crippen LogP contribution in [0.5, 0.6) is 0 Å². The molecule has 0 bridgehead atoms. The maximum absolute atomic E-state index is 13.9. The van der Waals surface area contributed by atoms with Crippen LogP contribution in [0.15, 0.2) is 18.2 Å². The summed E-state index contributed by atoms with van der Waals surface area (Å²) in [5.74, 6) is 4.33. The summed E-state index contributed by atoms with van der Waals surface area (Å²) >= 11 is 0. The van der Waals surface area contributed by atoms with Crippen molar-refractivity contribution in [1.29, 1.82) is 0 Å². The van der Waals surface area contributed by atoms with Gasteiger partial charge in [0.15, 0.2) is 0 Å². The Labute approximate surface area is 123 Å². The van der Waals surface area contributed by atoms with E-state index in [2.05, 4.69) is 4.90 Å². The number of halogens is 1. The Bertz CT molecular complexity index is 520. The lowest BCUT2D eigenvalue weighted by atomic mass is 9.98. The lowest BCUT2D eigenvalue weighted by molar-refractivity contribution is 0.0444. The van der Waals surface area contributed by atoms with Gasteiger partial charge in [-0.05, 0) is 50.9 Å². The van der Waals surface area contributed by atoms with Gasteiger partial charge in [-0.2, -0.15) is 0 Å². The fraction of sp³-hybridized carbons (Fsp3) is 0.533. The third-order valence-electron chi connectivity index (χ3n) is 3.99. The highest BCUT2D eigenvalue weighted by molar-refractivity contribution is 5.93. The van der Waals surface area contributed by atoms with E-state index in [1.165, 1.54) is 18.2 Å². The van der Waals surface area contributed by atoms with Crippen molar-refractivity contribution in [2.24, 2.45) is 5.84 Å². The van der Waals surface area contributed by atoms with Gasteiger partial charge in [0.25, 0.3) is 5.91 Å². The van der Waals surface area contributed by atoms with Crippen LogP contribution in [0, 0.1) is 5.82 Å². The molecule has 0 spiro atoms. The molecule has 6 heteroatoms. The number of nitrogen functional groups attached to an aromatic ring is 1. The number of hydrogen-bond donors (Lipinski definition) is 3. The third-order valence-corrected chi connectivity index (χ3v) is 3.99. The topological polar surface area (TPSA) is 78.6 Å². The number of likely N-dealkylation sites (tertiary alicyclic amines) is 1. The fourth-order valence-electron chi connectivity index (χ4n) is 2.64. The molecular formula is C15H22FN3O2. The normalized spacial score (nSPS) is 23.6. The first-order chi connectivity index (χ1) is 9.91. The van der Waals surface area contributed by atoms with Gasteiger partial charge in [-0.15, -0.1) is 0 Å². The summed E-state index contributed by atoms with van der Waals surface area (Å²) in [6, 6.07) is 4.22. The van der Waals surface area contributed by atoms with Crippen molar-refractivity contribution < 1.29 is 14.3 Å². The number of aliphatic hydroxyl groups is 1. The molecule has 1 unspecified atom stereocenters. The fourth-order valence-corrected chi connectivity index (χ4v) is 2.64. The number of carbonyl (C=O) groups excluding carboxylic acids is 1. The Balaban J connectivity index is 2.10. The molecule has 1 fully saturated rings. The van der Waals surface area contributed by atoms with E-state index in [9.17, 15) is 14.3 Å².